The number of carbonyl (C=O) groups is 1. The zero-order chi connectivity index (χ0) is 13.1. The number of rotatable bonds is 4. The minimum absolute atomic E-state index is 0.116. The Balaban J connectivity index is 2.30. The summed E-state index contributed by atoms with van der Waals surface area (Å²) in [7, 11) is 1.76. The Morgan fingerprint density at radius 2 is 2.28 bits per heavy atom. The fraction of sp³-hybridized carbons (Fsp3) is 0.455. The topological polar surface area (TPSA) is 81.4 Å². The van der Waals surface area contributed by atoms with Crippen LogP contribution in [0, 0.1) is 6.92 Å². The maximum Gasteiger partial charge on any atom is 0.325 e. The van der Waals surface area contributed by atoms with Crippen LogP contribution >= 0.6 is 0 Å². The highest BCUT2D eigenvalue weighted by molar-refractivity contribution is 5.89. The fourth-order valence-corrected chi connectivity index (χ4v) is 1.67. The maximum absolute atomic E-state index is 11.4. The molecule has 2 aromatic heterocycles. The highest BCUT2D eigenvalue weighted by Crippen LogP contribution is 2.24. The third-order valence-electron chi connectivity index (χ3n) is 2.46. The summed E-state index contributed by atoms with van der Waals surface area (Å²) >= 11 is 0. The lowest BCUT2D eigenvalue weighted by Gasteiger charge is -2.17. The van der Waals surface area contributed by atoms with Crippen LogP contribution in [0.25, 0.3) is 11.1 Å². The Morgan fingerprint density at radius 3 is 3.00 bits per heavy atom. The Kier molecular flexibility index (Phi) is 3.40. The van der Waals surface area contributed by atoms with Crippen molar-refractivity contribution < 1.29 is 14.1 Å². The van der Waals surface area contributed by atoms with Gasteiger partial charge in [0.25, 0.3) is 5.71 Å². The van der Waals surface area contributed by atoms with Crippen molar-refractivity contribution in [1.29, 1.82) is 0 Å². The molecule has 0 aliphatic carbocycles. The standard InChI is InChI=1S/C11H14N4O3/c1-4-17-8(16)5-15(3)10-9-7(2)14-18-11(9)13-6-12-10/h6H,4-5H2,1-3H3. The number of fused-ring (bicyclic) bond motifs is 1. The second-order valence-electron chi connectivity index (χ2n) is 3.81. The van der Waals surface area contributed by atoms with Gasteiger partial charge in [-0.3, -0.25) is 4.79 Å². The van der Waals surface area contributed by atoms with Crippen molar-refractivity contribution in [3.8, 4) is 0 Å². The van der Waals surface area contributed by atoms with Gasteiger partial charge in [0.2, 0.25) is 0 Å². The number of ether oxygens (including phenoxy) is 1. The number of hydrogen-bond donors (Lipinski definition) is 0. The van der Waals surface area contributed by atoms with Crippen LogP contribution in [0.1, 0.15) is 12.6 Å². The van der Waals surface area contributed by atoms with E-state index in [0.29, 0.717) is 29.2 Å². The highest BCUT2D eigenvalue weighted by Gasteiger charge is 2.17. The van der Waals surface area contributed by atoms with E-state index in [0.717, 1.165) is 0 Å². The van der Waals surface area contributed by atoms with Gasteiger partial charge < -0.3 is 14.2 Å². The van der Waals surface area contributed by atoms with Crippen molar-refractivity contribution in [2.45, 2.75) is 13.8 Å². The summed E-state index contributed by atoms with van der Waals surface area (Å²) in [5.41, 5.74) is 1.10. The summed E-state index contributed by atoms with van der Waals surface area (Å²) in [6.07, 6.45) is 1.38. The quantitative estimate of drug-likeness (QED) is 0.746. The van der Waals surface area contributed by atoms with Crippen LogP contribution in [0.3, 0.4) is 0 Å². The van der Waals surface area contributed by atoms with E-state index < -0.39 is 0 Å². The third-order valence-corrected chi connectivity index (χ3v) is 2.46. The van der Waals surface area contributed by atoms with Gasteiger partial charge in [-0.25, -0.2) is 4.98 Å². The molecule has 0 saturated heterocycles. The van der Waals surface area contributed by atoms with Crippen molar-refractivity contribution in [1.82, 2.24) is 15.1 Å². The van der Waals surface area contributed by atoms with Gasteiger partial charge in [-0.1, -0.05) is 5.16 Å². The number of esters is 1. The first-order chi connectivity index (χ1) is 8.63. The van der Waals surface area contributed by atoms with Crippen LogP contribution < -0.4 is 4.90 Å². The number of nitrogens with zero attached hydrogens (tertiary/aromatic N) is 4. The molecule has 0 saturated carbocycles. The molecule has 0 radical (unpaired) electrons. The van der Waals surface area contributed by atoms with Gasteiger partial charge in [0.15, 0.2) is 0 Å². The van der Waals surface area contributed by atoms with Crippen molar-refractivity contribution in [2.24, 2.45) is 0 Å². The van der Waals surface area contributed by atoms with E-state index in [-0.39, 0.29) is 12.5 Å². The second kappa shape index (κ2) is 4.99. The Labute approximate surface area is 104 Å². The molecule has 0 aromatic carbocycles. The molecule has 0 atom stereocenters. The molecule has 2 heterocycles. The first-order valence-electron chi connectivity index (χ1n) is 5.57. The summed E-state index contributed by atoms with van der Waals surface area (Å²) in [5, 5.41) is 4.55. The fourth-order valence-electron chi connectivity index (χ4n) is 1.67. The van der Waals surface area contributed by atoms with Crippen LogP contribution in [0.4, 0.5) is 5.82 Å². The highest BCUT2D eigenvalue weighted by atomic mass is 16.5. The lowest BCUT2D eigenvalue weighted by Crippen LogP contribution is -2.28. The maximum atomic E-state index is 11.4. The molecule has 0 bridgehead atoms. The van der Waals surface area contributed by atoms with Gasteiger partial charge in [-0.2, -0.15) is 4.98 Å². The Morgan fingerprint density at radius 1 is 1.50 bits per heavy atom. The molecule has 18 heavy (non-hydrogen) atoms. The van der Waals surface area contributed by atoms with Crippen molar-refractivity contribution in [3.63, 3.8) is 0 Å². The minimum Gasteiger partial charge on any atom is -0.465 e. The van der Waals surface area contributed by atoms with Crippen LogP contribution in [-0.2, 0) is 9.53 Å². The number of aryl methyl sites for hydroxylation is 1. The van der Waals surface area contributed by atoms with Gasteiger partial charge in [-0.15, -0.1) is 0 Å². The van der Waals surface area contributed by atoms with E-state index in [9.17, 15) is 4.79 Å². The van der Waals surface area contributed by atoms with E-state index in [1.165, 1.54) is 6.33 Å². The molecular formula is C11H14N4O3. The summed E-state index contributed by atoms with van der Waals surface area (Å²) in [5.74, 6) is 0.299. The van der Waals surface area contributed by atoms with Gasteiger partial charge in [-0.05, 0) is 13.8 Å². The van der Waals surface area contributed by atoms with Crippen LogP contribution in [-0.4, -0.2) is 41.3 Å². The average Bonchev–Trinajstić information content (AvgIpc) is 2.71. The second-order valence-corrected chi connectivity index (χ2v) is 3.81. The van der Waals surface area contributed by atoms with Crippen LogP contribution in [0.2, 0.25) is 0 Å². The third kappa shape index (κ3) is 2.24. The molecule has 7 heteroatoms. The average molecular weight is 250 g/mol. The van der Waals surface area contributed by atoms with Gasteiger partial charge >= 0.3 is 5.97 Å². The number of likely N-dealkylation sites (N-methyl/N-ethyl adjacent to an activating group) is 1. The number of carbonyl (C=O) groups excluding carboxylic acids is 1. The summed E-state index contributed by atoms with van der Waals surface area (Å²) < 4.78 is 9.94. The minimum atomic E-state index is -0.305. The lowest BCUT2D eigenvalue weighted by molar-refractivity contribution is -0.141. The Hall–Kier alpha value is -2.18. The predicted octanol–water partition coefficient (Wildman–Crippen LogP) is 0.926. The predicted molar refractivity (Wildman–Crippen MR) is 64.2 cm³/mol. The normalized spacial score (nSPS) is 10.6. The number of hydrogen-bond acceptors (Lipinski definition) is 7. The lowest BCUT2D eigenvalue weighted by atomic mass is 10.3. The molecule has 7 nitrogen and oxygen atoms in total. The van der Waals surface area contributed by atoms with Gasteiger partial charge in [0.05, 0.1) is 12.3 Å². The van der Waals surface area contributed by atoms with Crippen LogP contribution in [0.5, 0.6) is 0 Å². The van der Waals surface area contributed by atoms with Crippen LogP contribution in [0.15, 0.2) is 10.9 Å². The molecule has 0 amide bonds. The van der Waals surface area contributed by atoms with E-state index >= 15 is 0 Å². The molecule has 96 valence electrons. The zero-order valence-corrected chi connectivity index (χ0v) is 10.5. The molecule has 0 aliphatic heterocycles. The SMILES string of the molecule is CCOC(=O)CN(C)c1ncnc2onc(C)c12. The van der Waals surface area contributed by atoms with Crippen molar-refractivity contribution in [2.75, 3.05) is 25.1 Å². The molecule has 0 fully saturated rings. The first-order valence-corrected chi connectivity index (χ1v) is 5.57. The summed E-state index contributed by atoms with van der Waals surface area (Å²) in [6, 6.07) is 0. The monoisotopic (exact) mass is 250 g/mol. The van der Waals surface area contributed by atoms with Crippen molar-refractivity contribution in [3.05, 3.63) is 12.0 Å². The molecule has 0 N–H and O–H groups in total. The zero-order valence-electron chi connectivity index (χ0n) is 10.5. The largest absolute Gasteiger partial charge is 0.465 e. The molecule has 0 aliphatic rings. The first kappa shape index (κ1) is 12.3. The molecule has 0 spiro atoms. The van der Waals surface area contributed by atoms with E-state index in [1.807, 2.05) is 0 Å². The molecular weight excluding hydrogens is 236 g/mol. The van der Waals surface area contributed by atoms with Gasteiger partial charge in [0, 0.05) is 7.05 Å². The Bertz CT molecular complexity index is 566. The molecule has 0 unspecified atom stereocenters. The summed E-state index contributed by atoms with van der Waals surface area (Å²) in [4.78, 5) is 21.3. The van der Waals surface area contributed by atoms with E-state index in [4.69, 9.17) is 9.26 Å². The molecule has 2 aromatic rings. The van der Waals surface area contributed by atoms with E-state index in [1.54, 1.807) is 25.8 Å². The molecule has 2 rings (SSSR count). The summed E-state index contributed by atoms with van der Waals surface area (Å²) in [6.45, 7) is 4.05. The number of anilines is 1. The van der Waals surface area contributed by atoms with Gasteiger partial charge in [0.1, 0.15) is 24.1 Å². The smallest absolute Gasteiger partial charge is 0.325 e. The van der Waals surface area contributed by atoms with E-state index in [2.05, 4.69) is 15.1 Å². The van der Waals surface area contributed by atoms with Crippen molar-refractivity contribution >= 4 is 22.9 Å². The number of aromatic nitrogens is 3.